The van der Waals surface area contributed by atoms with Crippen molar-refractivity contribution in [2.45, 2.75) is 16.1 Å². The van der Waals surface area contributed by atoms with Crippen LogP contribution in [0, 0.1) is 11.7 Å². The van der Waals surface area contributed by atoms with Gasteiger partial charge in [-0.1, -0.05) is 30.3 Å². The molecule has 1 saturated carbocycles. The Labute approximate surface area is 123 Å². The van der Waals surface area contributed by atoms with Crippen molar-refractivity contribution in [3.8, 4) is 0 Å². The molecule has 0 radical (unpaired) electrons. The predicted octanol–water partition coefficient (Wildman–Crippen LogP) is 2.34. The second-order valence-corrected chi connectivity index (χ2v) is 7.41. The number of hydrogen-bond acceptors (Lipinski definition) is 3. The summed E-state index contributed by atoms with van der Waals surface area (Å²) >= 11 is 0. The smallest absolute Gasteiger partial charge is 0.182 e. The highest BCUT2D eigenvalue weighted by Crippen LogP contribution is 2.53. The van der Waals surface area contributed by atoms with E-state index in [2.05, 4.69) is 0 Å². The molecular formula is C16H16FNO2S. The Morgan fingerprint density at radius 1 is 1.05 bits per heavy atom. The van der Waals surface area contributed by atoms with Crippen LogP contribution in [0.25, 0.3) is 0 Å². The van der Waals surface area contributed by atoms with Gasteiger partial charge < -0.3 is 5.73 Å². The van der Waals surface area contributed by atoms with Crippen LogP contribution >= 0.6 is 0 Å². The van der Waals surface area contributed by atoms with Gasteiger partial charge in [0, 0.05) is 5.92 Å². The number of rotatable bonds is 4. The van der Waals surface area contributed by atoms with Crippen LogP contribution in [0.1, 0.15) is 11.5 Å². The standard InChI is InChI=1S/C16H16FNO2S/c17-12-6-4-5-11(9-12)15-14(10-18)16(15)21(19,20)13-7-2-1-3-8-13/h1-9,14-16H,10,18H2. The second kappa shape index (κ2) is 5.24. The normalized spacial score (nSPS) is 24.8. The van der Waals surface area contributed by atoms with Gasteiger partial charge in [0.1, 0.15) is 5.82 Å². The maximum Gasteiger partial charge on any atom is 0.182 e. The predicted molar refractivity (Wildman–Crippen MR) is 79.1 cm³/mol. The van der Waals surface area contributed by atoms with Gasteiger partial charge in [0.05, 0.1) is 10.1 Å². The van der Waals surface area contributed by atoms with Gasteiger partial charge in [-0.05, 0) is 42.3 Å². The molecule has 3 atom stereocenters. The summed E-state index contributed by atoms with van der Waals surface area (Å²) in [6.07, 6.45) is 0. The molecule has 2 N–H and O–H groups in total. The van der Waals surface area contributed by atoms with E-state index < -0.39 is 15.1 Å². The molecule has 1 aliphatic carbocycles. The molecule has 0 aromatic heterocycles. The van der Waals surface area contributed by atoms with E-state index in [-0.39, 0.29) is 24.2 Å². The Morgan fingerprint density at radius 2 is 1.76 bits per heavy atom. The van der Waals surface area contributed by atoms with E-state index in [1.165, 1.54) is 12.1 Å². The lowest BCUT2D eigenvalue weighted by Gasteiger charge is -2.04. The molecule has 1 fully saturated rings. The fraction of sp³-hybridized carbons (Fsp3) is 0.250. The molecule has 0 spiro atoms. The molecule has 3 nitrogen and oxygen atoms in total. The molecule has 0 aliphatic heterocycles. The molecule has 2 aromatic rings. The fourth-order valence-corrected chi connectivity index (χ4v) is 5.21. The maximum absolute atomic E-state index is 13.4. The number of halogens is 1. The van der Waals surface area contributed by atoms with Crippen LogP contribution in [0.3, 0.4) is 0 Å². The molecule has 110 valence electrons. The highest BCUT2D eigenvalue weighted by Gasteiger charge is 2.58. The summed E-state index contributed by atoms with van der Waals surface area (Å²) in [5.74, 6) is -0.737. The van der Waals surface area contributed by atoms with E-state index in [9.17, 15) is 12.8 Å². The highest BCUT2D eigenvalue weighted by molar-refractivity contribution is 7.92. The average Bonchev–Trinajstić information content (AvgIpc) is 3.23. The van der Waals surface area contributed by atoms with Crippen LogP contribution < -0.4 is 5.73 Å². The Bertz CT molecular complexity index is 746. The van der Waals surface area contributed by atoms with Crippen LogP contribution in [0.5, 0.6) is 0 Å². The Balaban J connectivity index is 1.96. The minimum absolute atomic E-state index is 0.156. The van der Waals surface area contributed by atoms with Crippen molar-refractivity contribution < 1.29 is 12.8 Å². The first-order valence-corrected chi connectivity index (χ1v) is 8.35. The zero-order chi connectivity index (χ0) is 15.0. The van der Waals surface area contributed by atoms with E-state index >= 15 is 0 Å². The lowest BCUT2D eigenvalue weighted by Crippen LogP contribution is -2.13. The maximum atomic E-state index is 13.4. The van der Waals surface area contributed by atoms with Gasteiger partial charge in [-0.15, -0.1) is 0 Å². The van der Waals surface area contributed by atoms with Crippen molar-refractivity contribution in [2.75, 3.05) is 6.54 Å². The van der Waals surface area contributed by atoms with E-state index in [1.54, 1.807) is 42.5 Å². The number of hydrogen-bond donors (Lipinski definition) is 1. The van der Waals surface area contributed by atoms with Crippen molar-refractivity contribution in [3.63, 3.8) is 0 Å². The number of sulfone groups is 1. The van der Waals surface area contributed by atoms with Gasteiger partial charge >= 0.3 is 0 Å². The molecule has 0 saturated heterocycles. The summed E-state index contributed by atoms with van der Waals surface area (Å²) in [5.41, 5.74) is 6.41. The molecule has 1 aliphatic rings. The quantitative estimate of drug-likeness (QED) is 0.943. The molecule has 21 heavy (non-hydrogen) atoms. The summed E-state index contributed by atoms with van der Waals surface area (Å²) in [7, 11) is -3.44. The second-order valence-electron chi connectivity index (χ2n) is 5.30. The SMILES string of the molecule is NCC1C(c2cccc(F)c2)C1S(=O)(=O)c1ccccc1. The van der Waals surface area contributed by atoms with Gasteiger partial charge in [-0.3, -0.25) is 0 Å². The van der Waals surface area contributed by atoms with Gasteiger partial charge in [0.25, 0.3) is 0 Å². The fourth-order valence-electron chi connectivity index (χ4n) is 2.96. The van der Waals surface area contributed by atoms with Crippen LogP contribution in [-0.2, 0) is 9.84 Å². The third-order valence-corrected chi connectivity index (χ3v) is 6.32. The summed E-state index contributed by atoms with van der Waals surface area (Å²) < 4.78 is 38.7. The van der Waals surface area contributed by atoms with Crippen molar-refractivity contribution >= 4 is 9.84 Å². The third-order valence-electron chi connectivity index (χ3n) is 4.03. The van der Waals surface area contributed by atoms with Gasteiger partial charge in [0.2, 0.25) is 0 Å². The van der Waals surface area contributed by atoms with Crippen LogP contribution in [0.4, 0.5) is 4.39 Å². The van der Waals surface area contributed by atoms with Gasteiger partial charge in [0.15, 0.2) is 9.84 Å². The monoisotopic (exact) mass is 305 g/mol. The van der Waals surface area contributed by atoms with Crippen molar-refractivity contribution in [1.82, 2.24) is 0 Å². The van der Waals surface area contributed by atoms with Gasteiger partial charge in [-0.25, -0.2) is 12.8 Å². The molecule has 0 amide bonds. The summed E-state index contributed by atoms with van der Waals surface area (Å²) in [4.78, 5) is 0.298. The van der Waals surface area contributed by atoms with Crippen molar-refractivity contribution in [2.24, 2.45) is 11.7 Å². The Morgan fingerprint density at radius 3 is 2.38 bits per heavy atom. The Hall–Kier alpha value is -1.72. The summed E-state index contributed by atoms with van der Waals surface area (Å²) in [6, 6.07) is 14.5. The molecule has 2 aromatic carbocycles. The first-order chi connectivity index (χ1) is 10.1. The first-order valence-electron chi connectivity index (χ1n) is 6.80. The lowest BCUT2D eigenvalue weighted by atomic mass is 10.1. The highest BCUT2D eigenvalue weighted by atomic mass is 32.2. The molecular weight excluding hydrogens is 289 g/mol. The molecule has 3 unspecified atom stereocenters. The third kappa shape index (κ3) is 2.47. The zero-order valence-electron chi connectivity index (χ0n) is 11.3. The van der Waals surface area contributed by atoms with Crippen molar-refractivity contribution in [1.29, 1.82) is 0 Å². The Kier molecular flexibility index (Phi) is 3.55. The van der Waals surface area contributed by atoms with E-state index in [0.717, 1.165) is 0 Å². The first kappa shape index (κ1) is 14.2. The van der Waals surface area contributed by atoms with E-state index in [4.69, 9.17) is 5.73 Å². The average molecular weight is 305 g/mol. The minimum Gasteiger partial charge on any atom is -0.330 e. The molecule has 5 heteroatoms. The van der Waals surface area contributed by atoms with Crippen molar-refractivity contribution in [3.05, 3.63) is 66.0 Å². The van der Waals surface area contributed by atoms with E-state index in [1.807, 2.05) is 0 Å². The van der Waals surface area contributed by atoms with Crippen LogP contribution in [-0.4, -0.2) is 20.2 Å². The van der Waals surface area contributed by atoms with Crippen LogP contribution in [0.2, 0.25) is 0 Å². The number of benzene rings is 2. The van der Waals surface area contributed by atoms with Crippen LogP contribution in [0.15, 0.2) is 59.5 Å². The summed E-state index contributed by atoms with van der Waals surface area (Å²) in [5, 5.41) is -0.563. The lowest BCUT2D eigenvalue weighted by molar-refractivity contribution is 0.591. The number of nitrogens with two attached hydrogens (primary N) is 1. The van der Waals surface area contributed by atoms with Gasteiger partial charge in [-0.2, -0.15) is 0 Å². The minimum atomic E-state index is -3.44. The molecule has 3 rings (SSSR count). The zero-order valence-corrected chi connectivity index (χ0v) is 12.1. The molecule has 0 bridgehead atoms. The topological polar surface area (TPSA) is 60.2 Å². The van der Waals surface area contributed by atoms with E-state index in [0.29, 0.717) is 10.5 Å². The summed E-state index contributed by atoms with van der Waals surface area (Å²) in [6.45, 7) is 0.276. The molecule has 0 heterocycles. The largest absolute Gasteiger partial charge is 0.330 e.